The zero-order valence-electron chi connectivity index (χ0n) is 25.9. The summed E-state index contributed by atoms with van der Waals surface area (Å²) in [5, 5.41) is 1.21. The topological polar surface area (TPSA) is 74.3 Å². The fourth-order valence-corrected chi connectivity index (χ4v) is 5.98. The molecular weight excluding hydrogens is 561 g/mol. The van der Waals surface area contributed by atoms with Crippen molar-refractivity contribution in [3.05, 3.63) is 107 Å². The number of hydrogen-bond donors (Lipinski definition) is 0. The number of methoxy groups -OCH3 is 2. The lowest BCUT2D eigenvalue weighted by Gasteiger charge is -2.38. The molecule has 0 bridgehead atoms. The molecule has 1 amide bonds. The van der Waals surface area contributed by atoms with Crippen LogP contribution in [0.4, 0.5) is 9.18 Å². The molecule has 44 heavy (non-hydrogen) atoms. The van der Waals surface area contributed by atoms with Crippen molar-refractivity contribution in [3.63, 3.8) is 0 Å². The number of fused-ring (bicyclic) bond motifs is 2. The predicted octanol–water partition coefficient (Wildman–Crippen LogP) is 8.06. The molecule has 1 aliphatic rings. The van der Waals surface area contributed by atoms with Crippen LogP contribution in [0, 0.1) is 5.82 Å². The van der Waals surface area contributed by atoms with E-state index in [1.54, 1.807) is 29.2 Å². The van der Waals surface area contributed by atoms with Crippen LogP contribution in [0.3, 0.4) is 0 Å². The molecule has 8 heteroatoms. The van der Waals surface area contributed by atoms with Gasteiger partial charge in [0.15, 0.2) is 0 Å². The second-order valence-electron chi connectivity index (χ2n) is 12.0. The first-order chi connectivity index (χ1) is 21.0. The van der Waals surface area contributed by atoms with Gasteiger partial charge < -0.3 is 18.9 Å². The molecule has 0 saturated carbocycles. The summed E-state index contributed by atoms with van der Waals surface area (Å²) in [4.78, 5) is 28.0. The molecule has 0 spiro atoms. The van der Waals surface area contributed by atoms with Gasteiger partial charge in [-0.1, -0.05) is 60.7 Å². The molecule has 0 saturated heterocycles. The molecule has 5 rings (SSSR count). The van der Waals surface area contributed by atoms with Crippen molar-refractivity contribution >= 4 is 22.8 Å². The highest BCUT2D eigenvalue weighted by Gasteiger charge is 2.36. The smallest absolute Gasteiger partial charge is 0.410 e. The van der Waals surface area contributed by atoms with E-state index in [-0.39, 0.29) is 18.3 Å². The van der Waals surface area contributed by atoms with E-state index in [1.165, 1.54) is 20.3 Å². The molecule has 0 aromatic heterocycles. The number of rotatable bonds is 7. The normalized spacial score (nSPS) is 16.8. The maximum absolute atomic E-state index is 14.7. The van der Waals surface area contributed by atoms with Gasteiger partial charge in [0.1, 0.15) is 34.6 Å². The summed E-state index contributed by atoms with van der Waals surface area (Å²) >= 11 is 0. The Bertz CT molecular complexity index is 1680. The van der Waals surface area contributed by atoms with Crippen molar-refractivity contribution in [2.45, 2.75) is 57.8 Å². The van der Waals surface area contributed by atoms with Gasteiger partial charge in [-0.05, 0) is 63.3 Å². The zero-order valence-corrected chi connectivity index (χ0v) is 25.9. The summed E-state index contributed by atoms with van der Waals surface area (Å²) in [6, 6.07) is 23.1. The van der Waals surface area contributed by atoms with Crippen LogP contribution in [-0.4, -0.2) is 49.4 Å². The van der Waals surface area contributed by atoms with Gasteiger partial charge in [0, 0.05) is 22.4 Å². The fourth-order valence-electron chi connectivity index (χ4n) is 5.98. The Morgan fingerprint density at radius 3 is 2.32 bits per heavy atom. The number of esters is 1. The average Bonchev–Trinajstić information content (AvgIpc) is 3.01. The molecule has 0 aliphatic carbocycles. The molecule has 0 fully saturated rings. The first kappa shape index (κ1) is 30.9. The maximum atomic E-state index is 14.7. The monoisotopic (exact) mass is 599 g/mol. The molecule has 3 unspecified atom stereocenters. The van der Waals surface area contributed by atoms with Gasteiger partial charge >= 0.3 is 12.1 Å². The highest BCUT2D eigenvalue weighted by atomic mass is 19.1. The molecule has 0 N–H and O–H groups in total. The van der Waals surface area contributed by atoms with E-state index in [2.05, 4.69) is 0 Å². The number of carbonyl (C=O) groups is 2. The molecular formula is C36H38FNO6. The van der Waals surface area contributed by atoms with Gasteiger partial charge in [-0.25, -0.2) is 14.0 Å². The maximum Gasteiger partial charge on any atom is 0.410 e. The Morgan fingerprint density at radius 2 is 1.61 bits per heavy atom. The summed E-state index contributed by atoms with van der Waals surface area (Å²) < 4.78 is 37.9. The van der Waals surface area contributed by atoms with E-state index in [9.17, 15) is 14.0 Å². The molecule has 0 radical (unpaired) electrons. The summed E-state index contributed by atoms with van der Waals surface area (Å²) in [7, 11) is 2.87. The highest BCUT2D eigenvalue weighted by Crippen LogP contribution is 2.45. The van der Waals surface area contributed by atoms with Crippen molar-refractivity contribution in [3.8, 4) is 11.5 Å². The van der Waals surface area contributed by atoms with Gasteiger partial charge in [0.25, 0.3) is 0 Å². The number of amides is 1. The second kappa shape index (κ2) is 12.6. The van der Waals surface area contributed by atoms with Crippen molar-refractivity contribution in [1.82, 2.24) is 4.90 Å². The summed E-state index contributed by atoms with van der Waals surface area (Å²) in [6.07, 6.45) is -0.445. The van der Waals surface area contributed by atoms with E-state index >= 15 is 0 Å². The van der Waals surface area contributed by atoms with Crippen LogP contribution in [0.1, 0.15) is 73.1 Å². The minimum Gasteiger partial charge on any atom is -0.496 e. The third-order valence-corrected chi connectivity index (χ3v) is 7.97. The van der Waals surface area contributed by atoms with Crippen molar-refractivity contribution < 1.29 is 32.9 Å². The first-order valence-electron chi connectivity index (χ1n) is 14.7. The lowest BCUT2D eigenvalue weighted by atomic mass is 9.82. The van der Waals surface area contributed by atoms with Crippen LogP contribution < -0.4 is 9.47 Å². The number of nitrogens with zero attached hydrogens (tertiary/aromatic N) is 1. The fraction of sp³-hybridized carbons (Fsp3) is 0.333. The van der Waals surface area contributed by atoms with E-state index in [1.807, 2.05) is 76.2 Å². The SMILES string of the molecule is COC(=O)c1cccc(C2CC(CN(C(=O)OC(C)(C)C)C(C)c3ccc(F)c4ccccc34)Oc3ccccc32)c1OC. The summed E-state index contributed by atoms with van der Waals surface area (Å²) in [6.45, 7) is 7.59. The van der Waals surface area contributed by atoms with Gasteiger partial charge in [0.05, 0.1) is 26.8 Å². The number of benzene rings is 4. The third-order valence-electron chi connectivity index (χ3n) is 7.97. The van der Waals surface area contributed by atoms with Crippen LogP contribution in [0.5, 0.6) is 11.5 Å². The Labute approximate surface area is 257 Å². The number of halogens is 1. The molecule has 4 aromatic carbocycles. The highest BCUT2D eigenvalue weighted by molar-refractivity contribution is 5.93. The zero-order chi connectivity index (χ0) is 31.6. The van der Waals surface area contributed by atoms with Gasteiger partial charge in [-0.3, -0.25) is 4.90 Å². The van der Waals surface area contributed by atoms with Gasteiger partial charge in [-0.2, -0.15) is 0 Å². The number of carbonyl (C=O) groups excluding carboxylic acids is 2. The van der Waals surface area contributed by atoms with E-state index in [4.69, 9.17) is 18.9 Å². The van der Waals surface area contributed by atoms with Gasteiger partial charge in [-0.15, -0.1) is 0 Å². The van der Waals surface area contributed by atoms with E-state index in [0.29, 0.717) is 28.9 Å². The standard InChI is InChI=1S/C36H38FNO6/c1-22(24-18-19-31(37)26-13-8-7-12-25(24)26)38(35(40)44-36(2,3)4)21-23-20-30(27-14-9-10-17-32(27)43-23)28-15-11-16-29(33(28)41-5)34(39)42-6/h7-19,22-23,30H,20-21H2,1-6H3. The Kier molecular flexibility index (Phi) is 8.81. The molecule has 3 atom stereocenters. The quantitative estimate of drug-likeness (QED) is 0.200. The minimum atomic E-state index is -0.732. The number of ether oxygens (including phenoxy) is 4. The molecule has 230 valence electrons. The number of para-hydroxylation sites is 2. The summed E-state index contributed by atoms with van der Waals surface area (Å²) in [5.74, 6) is 0.112. The Morgan fingerprint density at radius 1 is 0.932 bits per heavy atom. The third kappa shape index (κ3) is 6.20. The average molecular weight is 600 g/mol. The largest absolute Gasteiger partial charge is 0.496 e. The Balaban J connectivity index is 1.55. The second-order valence-corrected chi connectivity index (χ2v) is 12.0. The van der Waals surface area contributed by atoms with Crippen LogP contribution >= 0.6 is 0 Å². The van der Waals surface area contributed by atoms with Crippen molar-refractivity contribution in [2.75, 3.05) is 20.8 Å². The lowest BCUT2D eigenvalue weighted by Crippen LogP contribution is -2.45. The van der Waals surface area contributed by atoms with Crippen LogP contribution in [0.2, 0.25) is 0 Å². The van der Waals surface area contributed by atoms with E-state index in [0.717, 1.165) is 22.1 Å². The molecule has 7 nitrogen and oxygen atoms in total. The Hall–Kier alpha value is -4.59. The summed E-state index contributed by atoms with van der Waals surface area (Å²) in [5.41, 5.74) is 2.17. The van der Waals surface area contributed by atoms with Crippen molar-refractivity contribution in [1.29, 1.82) is 0 Å². The van der Waals surface area contributed by atoms with Crippen molar-refractivity contribution in [2.24, 2.45) is 0 Å². The van der Waals surface area contributed by atoms with Gasteiger partial charge in [0.2, 0.25) is 0 Å². The van der Waals surface area contributed by atoms with Crippen LogP contribution in [-0.2, 0) is 9.47 Å². The molecule has 1 heterocycles. The minimum absolute atomic E-state index is 0.200. The van der Waals surface area contributed by atoms with Crippen LogP contribution in [0.25, 0.3) is 10.8 Å². The predicted molar refractivity (Wildman–Crippen MR) is 167 cm³/mol. The van der Waals surface area contributed by atoms with E-state index < -0.39 is 29.8 Å². The number of hydrogen-bond acceptors (Lipinski definition) is 6. The lowest BCUT2D eigenvalue weighted by molar-refractivity contribution is 0.00566. The molecule has 4 aromatic rings. The van der Waals surface area contributed by atoms with Crippen LogP contribution in [0.15, 0.2) is 78.9 Å². The first-order valence-corrected chi connectivity index (χ1v) is 14.7. The molecule has 1 aliphatic heterocycles.